The number of pyridine rings is 1. The first-order chi connectivity index (χ1) is 13.0. The van der Waals surface area contributed by atoms with Crippen LogP contribution in [0.1, 0.15) is 18.1 Å². The van der Waals surface area contributed by atoms with E-state index in [0.29, 0.717) is 17.6 Å². The van der Waals surface area contributed by atoms with E-state index in [9.17, 15) is 9.59 Å². The molecule has 0 aliphatic rings. The molecule has 7 heteroatoms. The number of aryl methyl sites for hydroxylation is 2. The van der Waals surface area contributed by atoms with E-state index >= 15 is 0 Å². The van der Waals surface area contributed by atoms with Crippen LogP contribution in [0.5, 0.6) is 5.75 Å². The highest BCUT2D eigenvalue weighted by Crippen LogP contribution is 2.23. The van der Waals surface area contributed by atoms with Gasteiger partial charge in [0.2, 0.25) is 0 Å². The molecule has 0 bridgehead atoms. The monoisotopic (exact) mass is 368 g/mol. The molecule has 142 valence electrons. The van der Waals surface area contributed by atoms with Gasteiger partial charge in [-0.15, -0.1) is 0 Å². The van der Waals surface area contributed by atoms with Crippen LogP contribution in [0.3, 0.4) is 0 Å². The molecular weight excluding hydrogens is 344 g/mol. The second-order valence-corrected chi connectivity index (χ2v) is 6.44. The van der Waals surface area contributed by atoms with Gasteiger partial charge in [0.05, 0.1) is 12.8 Å². The number of hydrogen-bond acceptors (Lipinski definition) is 5. The maximum Gasteiger partial charge on any atom is 0.332 e. The highest BCUT2D eigenvalue weighted by Gasteiger charge is 2.16. The lowest BCUT2D eigenvalue weighted by atomic mass is 10.1. The van der Waals surface area contributed by atoms with Crippen LogP contribution in [0.4, 0.5) is 5.69 Å². The molecule has 0 spiro atoms. The van der Waals surface area contributed by atoms with Gasteiger partial charge in [-0.2, -0.15) is 0 Å². The molecule has 0 aliphatic carbocycles. The lowest BCUT2D eigenvalue weighted by Crippen LogP contribution is -2.37. The summed E-state index contributed by atoms with van der Waals surface area (Å²) < 4.78 is 7.79. The van der Waals surface area contributed by atoms with Gasteiger partial charge in [0, 0.05) is 26.8 Å². The van der Waals surface area contributed by atoms with Crippen LogP contribution in [-0.2, 0) is 26.9 Å². The molecule has 0 unspecified atom stereocenters. The third-order valence-electron chi connectivity index (χ3n) is 4.78. The van der Waals surface area contributed by atoms with Gasteiger partial charge in [-0.1, -0.05) is 19.1 Å². The lowest BCUT2D eigenvalue weighted by Gasteiger charge is -2.15. The van der Waals surface area contributed by atoms with Crippen molar-refractivity contribution >= 4 is 16.7 Å². The number of nitrogens with zero attached hydrogens (tertiary/aromatic N) is 3. The highest BCUT2D eigenvalue weighted by atomic mass is 16.5. The summed E-state index contributed by atoms with van der Waals surface area (Å²) in [5, 5.41) is 3.85. The van der Waals surface area contributed by atoms with Gasteiger partial charge in [-0.05, 0) is 36.1 Å². The Hall–Kier alpha value is -3.09. The fraction of sp³-hybridized carbons (Fsp3) is 0.350. The van der Waals surface area contributed by atoms with Crippen molar-refractivity contribution in [2.24, 2.45) is 14.1 Å². The zero-order valence-corrected chi connectivity index (χ0v) is 16.1. The van der Waals surface area contributed by atoms with E-state index in [1.54, 1.807) is 20.4 Å². The second kappa shape index (κ2) is 7.65. The van der Waals surface area contributed by atoms with E-state index in [1.165, 1.54) is 11.6 Å². The molecular formula is C20H24N4O3. The third-order valence-corrected chi connectivity index (χ3v) is 4.78. The molecule has 0 aliphatic heterocycles. The molecule has 3 rings (SSSR count). The van der Waals surface area contributed by atoms with Gasteiger partial charge < -0.3 is 10.1 Å². The van der Waals surface area contributed by atoms with Crippen LogP contribution >= 0.6 is 0 Å². The number of hydrogen-bond donors (Lipinski definition) is 1. The molecule has 7 nitrogen and oxygen atoms in total. The number of ether oxygens (including phenoxy) is 1. The minimum Gasteiger partial charge on any atom is -0.497 e. The van der Waals surface area contributed by atoms with Crippen LogP contribution in [0.2, 0.25) is 0 Å². The van der Waals surface area contributed by atoms with Crippen molar-refractivity contribution in [3.63, 3.8) is 0 Å². The van der Waals surface area contributed by atoms with Gasteiger partial charge >= 0.3 is 5.69 Å². The van der Waals surface area contributed by atoms with E-state index < -0.39 is 0 Å². The Morgan fingerprint density at radius 2 is 1.96 bits per heavy atom. The molecule has 1 aromatic carbocycles. The average Bonchev–Trinajstić information content (AvgIpc) is 2.70. The Morgan fingerprint density at radius 3 is 2.67 bits per heavy atom. The standard InChI is InChI=1S/C20H24N4O3/c1-5-14-12-22-18-16(19(25)24(3)20(26)23(18)2)17(14)21-10-9-13-7-6-8-15(11-13)27-4/h6-8,11-12H,5,9-10H2,1-4H3,(H,21,22). The van der Waals surface area contributed by atoms with Crippen molar-refractivity contribution in [1.29, 1.82) is 0 Å². The van der Waals surface area contributed by atoms with E-state index in [1.807, 2.05) is 31.2 Å². The van der Waals surface area contributed by atoms with Gasteiger partial charge in [-0.3, -0.25) is 13.9 Å². The first kappa shape index (κ1) is 18.7. The summed E-state index contributed by atoms with van der Waals surface area (Å²) in [7, 11) is 4.76. The fourth-order valence-corrected chi connectivity index (χ4v) is 3.20. The van der Waals surface area contributed by atoms with Crippen LogP contribution in [-0.4, -0.2) is 27.8 Å². The molecule has 0 saturated heterocycles. The van der Waals surface area contributed by atoms with Crippen molar-refractivity contribution < 1.29 is 4.74 Å². The summed E-state index contributed by atoms with van der Waals surface area (Å²) in [4.78, 5) is 29.3. The number of benzene rings is 1. The Kier molecular flexibility index (Phi) is 5.30. The van der Waals surface area contributed by atoms with Crippen LogP contribution in [0.25, 0.3) is 11.0 Å². The molecule has 0 fully saturated rings. The van der Waals surface area contributed by atoms with Crippen molar-refractivity contribution in [3.05, 3.63) is 62.4 Å². The molecule has 2 heterocycles. The van der Waals surface area contributed by atoms with E-state index in [-0.39, 0.29) is 11.2 Å². The quantitative estimate of drug-likeness (QED) is 0.719. The molecule has 0 amide bonds. The Morgan fingerprint density at radius 1 is 1.19 bits per heavy atom. The zero-order chi connectivity index (χ0) is 19.6. The van der Waals surface area contributed by atoms with Crippen molar-refractivity contribution in [2.45, 2.75) is 19.8 Å². The third kappa shape index (κ3) is 3.45. The Balaban J connectivity index is 1.99. The molecule has 3 aromatic rings. The van der Waals surface area contributed by atoms with Crippen molar-refractivity contribution in [1.82, 2.24) is 14.1 Å². The number of fused-ring (bicyclic) bond motifs is 1. The largest absolute Gasteiger partial charge is 0.497 e. The highest BCUT2D eigenvalue weighted by molar-refractivity contribution is 5.90. The number of anilines is 1. The summed E-state index contributed by atoms with van der Waals surface area (Å²) in [5.74, 6) is 0.819. The van der Waals surface area contributed by atoms with E-state index in [2.05, 4.69) is 10.3 Å². The Bertz CT molecular complexity index is 1100. The van der Waals surface area contributed by atoms with E-state index in [0.717, 1.165) is 40.0 Å². The summed E-state index contributed by atoms with van der Waals surface area (Å²) >= 11 is 0. The first-order valence-corrected chi connectivity index (χ1v) is 8.92. The van der Waals surface area contributed by atoms with Crippen LogP contribution < -0.4 is 21.3 Å². The predicted octanol–water partition coefficient (Wildman–Crippen LogP) is 1.86. The van der Waals surface area contributed by atoms with Crippen LogP contribution in [0.15, 0.2) is 40.1 Å². The van der Waals surface area contributed by atoms with Crippen molar-refractivity contribution in [3.8, 4) is 5.75 Å². The molecule has 1 N–H and O–H groups in total. The Labute approximate surface area is 157 Å². The molecule has 27 heavy (non-hydrogen) atoms. The van der Waals surface area contributed by atoms with Crippen molar-refractivity contribution in [2.75, 3.05) is 19.0 Å². The van der Waals surface area contributed by atoms with Gasteiger partial charge in [0.25, 0.3) is 5.56 Å². The second-order valence-electron chi connectivity index (χ2n) is 6.44. The SMILES string of the molecule is CCc1cnc2c(c1NCCc1cccc(OC)c1)c(=O)n(C)c(=O)n2C. The number of nitrogens with one attached hydrogen (secondary N) is 1. The number of rotatable bonds is 6. The summed E-state index contributed by atoms with van der Waals surface area (Å²) in [5.41, 5.74) is 2.51. The minimum absolute atomic E-state index is 0.334. The van der Waals surface area contributed by atoms with Crippen LogP contribution in [0, 0.1) is 0 Å². The fourth-order valence-electron chi connectivity index (χ4n) is 3.20. The normalized spacial score (nSPS) is 11.0. The molecule has 0 atom stereocenters. The first-order valence-electron chi connectivity index (χ1n) is 8.92. The molecule has 0 saturated carbocycles. The summed E-state index contributed by atoms with van der Waals surface area (Å²) in [6, 6.07) is 7.90. The smallest absolute Gasteiger partial charge is 0.332 e. The number of aromatic nitrogens is 3. The van der Waals surface area contributed by atoms with Gasteiger partial charge in [-0.25, -0.2) is 9.78 Å². The maximum absolute atomic E-state index is 12.8. The topological polar surface area (TPSA) is 78.2 Å². The maximum atomic E-state index is 12.8. The average molecular weight is 368 g/mol. The van der Waals surface area contributed by atoms with Gasteiger partial charge in [0.1, 0.15) is 11.1 Å². The van der Waals surface area contributed by atoms with Gasteiger partial charge in [0.15, 0.2) is 5.65 Å². The molecule has 0 radical (unpaired) electrons. The number of methoxy groups -OCH3 is 1. The predicted molar refractivity (Wildman–Crippen MR) is 107 cm³/mol. The zero-order valence-electron chi connectivity index (χ0n) is 16.1. The molecule has 2 aromatic heterocycles. The minimum atomic E-state index is -0.383. The lowest BCUT2D eigenvalue weighted by molar-refractivity contribution is 0.414. The van der Waals surface area contributed by atoms with E-state index in [4.69, 9.17) is 4.74 Å². The summed E-state index contributed by atoms with van der Waals surface area (Å²) in [6.07, 6.45) is 3.24. The summed E-state index contributed by atoms with van der Waals surface area (Å²) in [6.45, 7) is 2.66.